The monoisotopic (exact) mass is 271 g/mol. The highest BCUT2D eigenvalue weighted by atomic mass is 16.2. The predicted molar refractivity (Wildman–Crippen MR) is 74.9 cm³/mol. The van der Waals surface area contributed by atoms with E-state index >= 15 is 0 Å². The summed E-state index contributed by atoms with van der Waals surface area (Å²) >= 11 is 0. The molecule has 1 aromatic heterocycles. The van der Waals surface area contributed by atoms with Gasteiger partial charge in [-0.15, -0.1) is 0 Å². The van der Waals surface area contributed by atoms with Gasteiger partial charge in [-0.05, 0) is 30.7 Å². The SMILES string of the molecule is Cc1cc(C(=O)N2CCNCC2)ccc1-n1cncn1. The Bertz CT molecular complexity index is 602. The van der Waals surface area contributed by atoms with Crippen LogP contribution in [0.3, 0.4) is 0 Å². The normalized spacial score (nSPS) is 15.3. The molecule has 1 N–H and O–H groups in total. The summed E-state index contributed by atoms with van der Waals surface area (Å²) in [5.41, 5.74) is 2.68. The first-order chi connectivity index (χ1) is 9.75. The predicted octanol–water partition coefficient (Wildman–Crippen LogP) is 0.621. The fourth-order valence-electron chi connectivity index (χ4n) is 2.43. The molecule has 1 aliphatic rings. The van der Waals surface area contributed by atoms with Gasteiger partial charge in [0.25, 0.3) is 5.91 Å². The van der Waals surface area contributed by atoms with E-state index in [9.17, 15) is 4.79 Å². The molecule has 104 valence electrons. The minimum absolute atomic E-state index is 0.0970. The molecule has 20 heavy (non-hydrogen) atoms. The van der Waals surface area contributed by atoms with Crippen LogP contribution in [0.4, 0.5) is 0 Å². The molecule has 0 radical (unpaired) electrons. The average Bonchev–Trinajstić information content (AvgIpc) is 3.01. The van der Waals surface area contributed by atoms with E-state index in [1.54, 1.807) is 11.0 Å². The molecule has 1 aromatic carbocycles. The summed E-state index contributed by atoms with van der Waals surface area (Å²) in [6.07, 6.45) is 3.15. The summed E-state index contributed by atoms with van der Waals surface area (Å²) in [6.45, 7) is 5.24. The summed E-state index contributed by atoms with van der Waals surface area (Å²) in [7, 11) is 0. The van der Waals surface area contributed by atoms with E-state index < -0.39 is 0 Å². The number of nitrogens with one attached hydrogen (secondary N) is 1. The zero-order valence-electron chi connectivity index (χ0n) is 11.4. The maximum atomic E-state index is 12.4. The van der Waals surface area contributed by atoms with E-state index in [0.29, 0.717) is 0 Å². The van der Waals surface area contributed by atoms with E-state index in [4.69, 9.17) is 0 Å². The van der Waals surface area contributed by atoms with Gasteiger partial charge in [-0.25, -0.2) is 9.67 Å². The first-order valence-electron chi connectivity index (χ1n) is 6.71. The number of hydrogen-bond acceptors (Lipinski definition) is 4. The minimum atomic E-state index is 0.0970. The third-order valence-corrected chi connectivity index (χ3v) is 3.51. The summed E-state index contributed by atoms with van der Waals surface area (Å²) in [6, 6.07) is 5.69. The highest BCUT2D eigenvalue weighted by molar-refractivity contribution is 5.94. The largest absolute Gasteiger partial charge is 0.336 e. The molecule has 2 heterocycles. The van der Waals surface area contributed by atoms with Crippen LogP contribution in [-0.2, 0) is 0 Å². The number of carbonyl (C=O) groups excluding carboxylic acids is 1. The lowest BCUT2D eigenvalue weighted by Crippen LogP contribution is -2.46. The summed E-state index contributed by atoms with van der Waals surface area (Å²) in [5.74, 6) is 0.0970. The molecule has 2 aromatic rings. The molecule has 1 saturated heterocycles. The van der Waals surface area contributed by atoms with Crippen molar-refractivity contribution in [2.45, 2.75) is 6.92 Å². The first-order valence-corrected chi connectivity index (χ1v) is 6.71. The maximum absolute atomic E-state index is 12.4. The number of aryl methyl sites for hydroxylation is 1. The summed E-state index contributed by atoms with van der Waals surface area (Å²) < 4.78 is 1.70. The van der Waals surface area contributed by atoms with Crippen LogP contribution in [0.2, 0.25) is 0 Å². The lowest BCUT2D eigenvalue weighted by atomic mass is 10.1. The number of amides is 1. The topological polar surface area (TPSA) is 63.1 Å². The molecule has 0 aliphatic carbocycles. The Morgan fingerprint density at radius 1 is 1.30 bits per heavy atom. The van der Waals surface area contributed by atoms with Crippen molar-refractivity contribution in [3.05, 3.63) is 42.0 Å². The van der Waals surface area contributed by atoms with Gasteiger partial charge in [0.1, 0.15) is 12.7 Å². The van der Waals surface area contributed by atoms with Crippen LogP contribution in [0.25, 0.3) is 5.69 Å². The molecule has 0 spiro atoms. The number of carbonyl (C=O) groups is 1. The van der Waals surface area contributed by atoms with Gasteiger partial charge in [0, 0.05) is 31.7 Å². The first kappa shape index (κ1) is 12.8. The summed E-state index contributed by atoms with van der Waals surface area (Å²) in [5, 5.41) is 7.36. The zero-order chi connectivity index (χ0) is 13.9. The second-order valence-electron chi connectivity index (χ2n) is 4.88. The number of benzene rings is 1. The van der Waals surface area contributed by atoms with E-state index in [1.165, 1.54) is 6.33 Å². The van der Waals surface area contributed by atoms with Crippen molar-refractivity contribution in [2.75, 3.05) is 26.2 Å². The van der Waals surface area contributed by atoms with Crippen molar-refractivity contribution in [1.29, 1.82) is 0 Å². The molecule has 0 bridgehead atoms. The molecule has 0 unspecified atom stereocenters. The van der Waals surface area contributed by atoms with Crippen LogP contribution < -0.4 is 5.32 Å². The Morgan fingerprint density at radius 3 is 2.75 bits per heavy atom. The molecule has 0 saturated carbocycles. The van der Waals surface area contributed by atoms with Crippen molar-refractivity contribution in [1.82, 2.24) is 25.0 Å². The Labute approximate surface area is 117 Å². The molecule has 0 atom stereocenters. The second-order valence-corrected chi connectivity index (χ2v) is 4.88. The molecule has 1 fully saturated rings. The third-order valence-electron chi connectivity index (χ3n) is 3.51. The Hall–Kier alpha value is -2.21. The lowest BCUT2D eigenvalue weighted by molar-refractivity contribution is 0.0735. The van der Waals surface area contributed by atoms with E-state index in [0.717, 1.165) is 43.0 Å². The van der Waals surface area contributed by atoms with E-state index in [1.807, 2.05) is 30.0 Å². The van der Waals surface area contributed by atoms with Crippen LogP contribution in [0.1, 0.15) is 15.9 Å². The average molecular weight is 271 g/mol. The van der Waals surface area contributed by atoms with Crippen LogP contribution in [0.15, 0.2) is 30.9 Å². The van der Waals surface area contributed by atoms with Gasteiger partial charge in [-0.2, -0.15) is 5.10 Å². The molecule has 3 rings (SSSR count). The molecular formula is C14H17N5O. The molecule has 1 amide bonds. The van der Waals surface area contributed by atoms with Crippen molar-refractivity contribution < 1.29 is 4.79 Å². The van der Waals surface area contributed by atoms with Crippen LogP contribution in [-0.4, -0.2) is 51.8 Å². The fraction of sp³-hybridized carbons (Fsp3) is 0.357. The van der Waals surface area contributed by atoms with Gasteiger partial charge in [-0.1, -0.05) is 0 Å². The quantitative estimate of drug-likeness (QED) is 0.870. The highest BCUT2D eigenvalue weighted by Crippen LogP contribution is 2.16. The molecular weight excluding hydrogens is 254 g/mol. The smallest absolute Gasteiger partial charge is 0.253 e. The Balaban J connectivity index is 1.84. The van der Waals surface area contributed by atoms with Crippen LogP contribution in [0.5, 0.6) is 0 Å². The second kappa shape index (κ2) is 5.42. The number of nitrogens with zero attached hydrogens (tertiary/aromatic N) is 4. The van der Waals surface area contributed by atoms with Gasteiger partial charge in [0.2, 0.25) is 0 Å². The Kier molecular flexibility index (Phi) is 3.47. The standard InChI is InChI=1S/C14H17N5O/c1-11-8-12(14(20)18-6-4-15-5-7-18)2-3-13(11)19-10-16-9-17-19/h2-3,8-10,15H,4-7H2,1H3. The van der Waals surface area contributed by atoms with Crippen molar-refractivity contribution in [3.8, 4) is 5.69 Å². The van der Waals surface area contributed by atoms with Gasteiger partial charge >= 0.3 is 0 Å². The van der Waals surface area contributed by atoms with Crippen molar-refractivity contribution in [3.63, 3.8) is 0 Å². The minimum Gasteiger partial charge on any atom is -0.336 e. The summed E-state index contributed by atoms with van der Waals surface area (Å²) in [4.78, 5) is 18.2. The highest BCUT2D eigenvalue weighted by Gasteiger charge is 2.18. The van der Waals surface area contributed by atoms with Gasteiger partial charge in [0.15, 0.2) is 0 Å². The zero-order valence-corrected chi connectivity index (χ0v) is 11.4. The van der Waals surface area contributed by atoms with Gasteiger partial charge in [0.05, 0.1) is 5.69 Å². The number of hydrogen-bond donors (Lipinski definition) is 1. The number of piperazine rings is 1. The molecule has 1 aliphatic heterocycles. The van der Waals surface area contributed by atoms with Crippen molar-refractivity contribution >= 4 is 5.91 Å². The number of rotatable bonds is 2. The van der Waals surface area contributed by atoms with Crippen molar-refractivity contribution in [2.24, 2.45) is 0 Å². The maximum Gasteiger partial charge on any atom is 0.253 e. The Morgan fingerprint density at radius 2 is 2.10 bits per heavy atom. The third kappa shape index (κ3) is 2.42. The van der Waals surface area contributed by atoms with Gasteiger partial charge < -0.3 is 10.2 Å². The molecule has 6 nitrogen and oxygen atoms in total. The van der Waals surface area contributed by atoms with Crippen LogP contribution in [0, 0.1) is 6.92 Å². The van der Waals surface area contributed by atoms with Gasteiger partial charge in [-0.3, -0.25) is 4.79 Å². The van der Waals surface area contributed by atoms with E-state index in [-0.39, 0.29) is 5.91 Å². The fourth-order valence-corrected chi connectivity index (χ4v) is 2.43. The van der Waals surface area contributed by atoms with E-state index in [2.05, 4.69) is 15.4 Å². The number of aromatic nitrogens is 3. The van der Waals surface area contributed by atoms with Crippen LogP contribution >= 0.6 is 0 Å². The lowest BCUT2D eigenvalue weighted by Gasteiger charge is -2.27. The molecule has 6 heteroatoms.